The van der Waals surface area contributed by atoms with Gasteiger partial charge in [0.1, 0.15) is 0 Å². The summed E-state index contributed by atoms with van der Waals surface area (Å²) >= 11 is 3.38. The van der Waals surface area contributed by atoms with E-state index in [1.807, 2.05) is 31.2 Å². The van der Waals surface area contributed by atoms with Crippen LogP contribution in [0.2, 0.25) is 0 Å². The van der Waals surface area contributed by atoms with Crippen LogP contribution in [-0.2, 0) is 14.3 Å². The summed E-state index contributed by atoms with van der Waals surface area (Å²) in [6, 6.07) is 7.51. The van der Waals surface area contributed by atoms with Crippen LogP contribution in [0.4, 0.5) is 0 Å². The Balaban J connectivity index is 2.51. The number of ether oxygens (including phenoxy) is 1. The van der Waals surface area contributed by atoms with Crippen LogP contribution in [0.3, 0.4) is 0 Å². The molecule has 5 heteroatoms. The summed E-state index contributed by atoms with van der Waals surface area (Å²) in [4.78, 5) is 23.2. The van der Waals surface area contributed by atoms with Gasteiger partial charge in [-0.2, -0.15) is 0 Å². The van der Waals surface area contributed by atoms with Crippen molar-refractivity contribution in [3.63, 3.8) is 0 Å². The molecule has 0 saturated heterocycles. The molecule has 1 amide bonds. The molecule has 0 fully saturated rings. The van der Waals surface area contributed by atoms with Crippen molar-refractivity contribution in [1.82, 2.24) is 5.32 Å². The lowest BCUT2D eigenvalue weighted by atomic mass is 10.2. The maximum atomic E-state index is 11.6. The van der Waals surface area contributed by atoms with Gasteiger partial charge >= 0.3 is 5.97 Å². The predicted octanol–water partition coefficient (Wildman–Crippen LogP) is 2.92. The number of rotatable bonds is 6. The minimum Gasteiger partial charge on any atom is -0.449 e. The molecule has 0 heterocycles. The highest BCUT2D eigenvalue weighted by molar-refractivity contribution is 9.10. The molecule has 4 nitrogen and oxygen atoms in total. The van der Waals surface area contributed by atoms with E-state index in [0.717, 1.165) is 16.5 Å². The second-order valence-electron chi connectivity index (χ2n) is 4.22. The number of nitrogens with one attached hydrogen (secondary N) is 1. The SMILES string of the molecule is CCCNC(=O)[C@@H](C)OC(=O)/C=C/c1ccccc1Br. The van der Waals surface area contributed by atoms with E-state index in [2.05, 4.69) is 21.2 Å². The summed E-state index contributed by atoms with van der Waals surface area (Å²) in [5.74, 6) is -0.825. The smallest absolute Gasteiger partial charge is 0.331 e. The van der Waals surface area contributed by atoms with Gasteiger partial charge in [0.2, 0.25) is 0 Å². The molecule has 0 aliphatic heterocycles. The van der Waals surface area contributed by atoms with Gasteiger partial charge in [-0.15, -0.1) is 0 Å². The topological polar surface area (TPSA) is 55.4 Å². The lowest BCUT2D eigenvalue weighted by Crippen LogP contribution is -2.35. The van der Waals surface area contributed by atoms with Crippen LogP contribution >= 0.6 is 15.9 Å². The zero-order valence-corrected chi connectivity index (χ0v) is 13.1. The van der Waals surface area contributed by atoms with Gasteiger partial charge in [0.05, 0.1) is 0 Å². The first-order valence-corrected chi connectivity index (χ1v) is 7.24. The molecule has 1 atom stereocenters. The second-order valence-corrected chi connectivity index (χ2v) is 5.08. The Morgan fingerprint density at radius 3 is 2.75 bits per heavy atom. The van der Waals surface area contributed by atoms with Gasteiger partial charge in [0.25, 0.3) is 5.91 Å². The highest BCUT2D eigenvalue weighted by Crippen LogP contribution is 2.17. The molecule has 1 rings (SSSR count). The van der Waals surface area contributed by atoms with Gasteiger partial charge in [0, 0.05) is 17.1 Å². The molecule has 108 valence electrons. The van der Waals surface area contributed by atoms with Crippen LogP contribution in [0.15, 0.2) is 34.8 Å². The number of benzene rings is 1. The first-order valence-electron chi connectivity index (χ1n) is 6.45. The fraction of sp³-hybridized carbons (Fsp3) is 0.333. The summed E-state index contributed by atoms with van der Waals surface area (Å²) < 4.78 is 5.90. The molecule has 0 aliphatic rings. The average Bonchev–Trinajstić information content (AvgIpc) is 2.43. The first-order chi connectivity index (χ1) is 9.54. The van der Waals surface area contributed by atoms with Crippen molar-refractivity contribution in [2.45, 2.75) is 26.4 Å². The molecule has 1 aromatic rings. The van der Waals surface area contributed by atoms with Gasteiger partial charge in [-0.25, -0.2) is 4.79 Å². The van der Waals surface area contributed by atoms with Crippen LogP contribution in [0.5, 0.6) is 0 Å². The van der Waals surface area contributed by atoms with Crippen LogP contribution < -0.4 is 5.32 Å². The monoisotopic (exact) mass is 339 g/mol. The fourth-order valence-electron chi connectivity index (χ4n) is 1.43. The molecular formula is C15H18BrNO3. The predicted molar refractivity (Wildman–Crippen MR) is 82.0 cm³/mol. The number of hydrogen-bond donors (Lipinski definition) is 1. The number of halogens is 1. The standard InChI is InChI=1S/C15H18BrNO3/c1-3-10-17-15(19)11(2)20-14(18)9-8-12-6-4-5-7-13(12)16/h4-9,11H,3,10H2,1-2H3,(H,17,19)/b9-8+/t11-/m1/s1. The normalized spacial score (nSPS) is 12.2. The fourth-order valence-corrected chi connectivity index (χ4v) is 1.84. The van der Waals surface area contributed by atoms with E-state index in [4.69, 9.17) is 4.74 Å². The summed E-state index contributed by atoms with van der Waals surface area (Å²) in [5, 5.41) is 2.67. The molecular weight excluding hydrogens is 322 g/mol. The molecule has 0 spiro atoms. The number of amides is 1. The Bertz CT molecular complexity index is 500. The van der Waals surface area contributed by atoms with E-state index in [0.29, 0.717) is 6.54 Å². The Hall–Kier alpha value is -1.62. The Morgan fingerprint density at radius 2 is 2.10 bits per heavy atom. The van der Waals surface area contributed by atoms with Crippen molar-refractivity contribution in [3.05, 3.63) is 40.4 Å². The van der Waals surface area contributed by atoms with E-state index < -0.39 is 12.1 Å². The van der Waals surface area contributed by atoms with Gasteiger partial charge in [-0.1, -0.05) is 41.1 Å². The number of hydrogen-bond acceptors (Lipinski definition) is 3. The van der Waals surface area contributed by atoms with Crippen molar-refractivity contribution in [2.75, 3.05) is 6.54 Å². The maximum absolute atomic E-state index is 11.6. The molecule has 1 aromatic carbocycles. The zero-order valence-electron chi connectivity index (χ0n) is 11.6. The summed E-state index contributed by atoms with van der Waals surface area (Å²) in [6.07, 6.45) is 3.00. The van der Waals surface area contributed by atoms with Gasteiger partial charge in [0.15, 0.2) is 6.10 Å². The van der Waals surface area contributed by atoms with Crippen LogP contribution in [0.25, 0.3) is 6.08 Å². The third-order valence-corrected chi connectivity index (χ3v) is 3.24. The molecule has 0 unspecified atom stereocenters. The molecule has 0 aliphatic carbocycles. The lowest BCUT2D eigenvalue weighted by molar-refractivity contribution is -0.150. The zero-order chi connectivity index (χ0) is 15.0. The lowest BCUT2D eigenvalue weighted by Gasteiger charge is -2.11. The van der Waals surface area contributed by atoms with Crippen molar-refractivity contribution in [1.29, 1.82) is 0 Å². The van der Waals surface area contributed by atoms with Crippen molar-refractivity contribution >= 4 is 33.9 Å². The highest BCUT2D eigenvalue weighted by atomic mass is 79.9. The first kappa shape index (κ1) is 16.4. The largest absolute Gasteiger partial charge is 0.449 e. The van der Waals surface area contributed by atoms with Crippen LogP contribution in [0, 0.1) is 0 Å². The molecule has 0 aromatic heterocycles. The van der Waals surface area contributed by atoms with Gasteiger partial charge in [-0.3, -0.25) is 4.79 Å². The van der Waals surface area contributed by atoms with E-state index in [9.17, 15) is 9.59 Å². The van der Waals surface area contributed by atoms with E-state index in [1.54, 1.807) is 13.0 Å². The van der Waals surface area contributed by atoms with Gasteiger partial charge in [-0.05, 0) is 31.1 Å². The third-order valence-electron chi connectivity index (χ3n) is 2.52. The Morgan fingerprint density at radius 1 is 1.40 bits per heavy atom. The number of carbonyl (C=O) groups excluding carboxylic acids is 2. The maximum Gasteiger partial charge on any atom is 0.331 e. The van der Waals surface area contributed by atoms with Gasteiger partial charge < -0.3 is 10.1 Å². The number of esters is 1. The van der Waals surface area contributed by atoms with E-state index in [-0.39, 0.29) is 5.91 Å². The number of carbonyl (C=O) groups is 2. The average molecular weight is 340 g/mol. The molecule has 0 radical (unpaired) electrons. The second kappa shape index (κ2) is 8.53. The minimum atomic E-state index is -0.794. The third kappa shape index (κ3) is 5.57. The summed E-state index contributed by atoms with van der Waals surface area (Å²) in [7, 11) is 0. The van der Waals surface area contributed by atoms with Crippen molar-refractivity contribution in [3.8, 4) is 0 Å². The molecule has 20 heavy (non-hydrogen) atoms. The van der Waals surface area contributed by atoms with Crippen molar-refractivity contribution in [2.24, 2.45) is 0 Å². The molecule has 0 saturated carbocycles. The highest BCUT2D eigenvalue weighted by Gasteiger charge is 2.15. The minimum absolute atomic E-state index is 0.283. The van der Waals surface area contributed by atoms with E-state index >= 15 is 0 Å². The van der Waals surface area contributed by atoms with Crippen LogP contribution in [0.1, 0.15) is 25.8 Å². The summed E-state index contributed by atoms with van der Waals surface area (Å²) in [6.45, 7) is 4.08. The Labute approximate surface area is 127 Å². The Kier molecular flexibility index (Phi) is 7.01. The van der Waals surface area contributed by atoms with Crippen LogP contribution in [-0.4, -0.2) is 24.5 Å². The summed E-state index contributed by atoms with van der Waals surface area (Å²) in [5.41, 5.74) is 0.868. The van der Waals surface area contributed by atoms with Crippen molar-refractivity contribution < 1.29 is 14.3 Å². The molecule has 1 N–H and O–H groups in total. The quantitative estimate of drug-likeness (QED) is 0.640. The van der Waals surface area contributed by atoms with E-state index in [1.165, 1.54) is 6.08 Å². The molecule has 0 bridgehead atoms.